The van der Waals surface area contributed by atoms with Crippen LogP contribution in [0, 0.1) is 0 Å². The van der Waals surface area contributed by atoms with Gasteiger partial charge in [-0.15, -0.1) is 0 Å². The largest absolute Gasteiger partial charge is 0.508 e. The van der Waals surface area contributed by atoms with E-state index < -0.39 is 11.9 Å². The number of phenolic OH excluding ortho intramolecular Hbond substituents is 2. The molecule has 3 aromatic carbocycles. The van der Waals surface area contributed by atoms with Gasteiger partial charge in [-0.05, 0) is 67.6 Å². The first-order valence-corrected chi connectivity index (χ1v) is 8.50. The zero-order valence-corrected chi connectivity index (χ0v) is 15.3. The van der Waals surface area contributed by atoms with Crippen LogP contribution in [0.4, 0.5) is 0 Å². The maximum absolute atomic E-state index is 12.3. The molecule has 0 aliphatic rings. The van der Waals surface area contributed by atoms with Gasteiger partial charge < -0.3 is 19.7 Å². The van der Waals surface area contributed by atoms with Crippen LogP contribution >= 0.6 is 0 Å². The van der Waals surface area contributed by atoms with E-state index in [1.807, 2.05) is 0 Å². The zero-order chi connectivity index (χ0) is 21.0. The summed E-state index contributed by atoms with van der Waals surface area (Å²) in [6.07, 6.45) is 0. The van der Waals surface area contributed by atoms with Gasteiger partial charge in [-0.25, -0.2) is 9.59 Å². The lowest BCUT2D eigenvalue weighted by Crippen LogP contribution is -2.11. The van der Waals surface area contributed by atoms with Crippen LogP contribution in [-0.2, 0) is 0 Å². The van der Waals surface area contributed by atoms with Crippen molar-refractivity contribution in [3.05, 3.63) is 83.4 Å². The Labute approximate surface area is 165 Å². The molecule has 3 rings (SSSR count). The molecular weight excluding hydrogens is 376 g/mol. The fourth-order valence-electron chi connectivity index (χ4n) is 2.42. The van der Waals surface area contributed by atoms with Crippen molar-refractivity contribution in [3.8, 4) is 23.0 Å². The second-order valence-electron chi connectivity index (χ2n) is 6.12. The quantitative estimate of drug-likeness (QED) is 0.387. The molecule has 0 spiro atoms. The molecule has 7 nitrogen and oxygen atoms in total. The minimum absolute atomic E-state index is 0.00329. The second-order valence-corrected chi connectivity index (χ2v) is 6.12. The summed E-state index contributed by atoms with van der Waals surface area (Å²) in [5.74, 6) is -1.68. The lowest BCUT2D eigenvalue weighted by atomic mass is 10.1. The number of aromatic hydroxyl groups is 2. The predicted molar refractivity (Wildman–Crippen MR) is 103 cm³/mol. The van der Waals surface area contributed by atoms with E-state index in [0.717, 1.165) is 0 Å². The molecule has 0 unspecified atom stereocenters. The van der Waals surface area contributed by atoms with Gasteiger partial charge in [-0.3, -0.25) is 4.79 Å². The van der Waals surface area contributed by atoms with Crippen molar-refractivity contribution in [1.82, 2.24) is 0 Å². The maximum atomic E-state index is 12.3. The summed E-state index contributed by atoms with van der Waals surface area (Å²) < 4.78 is 10.6. The van der Waals surface area contributed by atoms with Crippen molar-refractivity contribution in [1.29, 1.82) is 0 Å². The molecule has 7 heteroatoms. The van der Waals surface area contributed by atoms with Gasteiger partial charge in [0.15, 0.2) is 5.78 Å². The number of esters is 2. The number of hydrogen-bond donors (Lipinski definition) is 2. The average Bonchev–Trinajstić information content (AvgIpc) is 2.68. The Kier molecular flexibility index (Phi) is 5.59. The van der Waals surface area contributed by atoms with E-state index in [4.69, 9.17) is 9.47 Å². The van der Waals surface area contributed by atoms with E-state index in [0.29, 0.717) is 0 Å². The number of carbonyl (C=O) groups is 3. The van der Waals surface area contributed by atoms with E-state index >= 15 is 0 Å². The molecule has 0 heterocycles. The van der Waals surface area contributed by atoms with Crippen LogP contribution < -0.4 is 9.47 Å². The van der Waals surface area contributed by atoms with Crippen LogP contribution in [0.5, 0.6) is 23.0 Å². The molecular formula is C22H16O7. The summed E-state index contributed by atoms with van der Waals surface area (Å²) >= 11 is 0. The highest BCUT2D eigenvalue weighted by atomic mass is 16.5. The van der Waals surface area contributed by atoms with Gasteiger partial charge >= 0.3 is 11.9 Å². The standard InChI is InChI=1S/C22H16O7/c1-13(23)16-10-19(28-21(26)14-2-6-17(24)7-3-14)12-20(11-16)29-22(27)15-4-8-18(25)9-5-15/h2-12,24-25H,1H3. The molecule has 0 bridgehead atoms. The highest BCUT2D eigenvalue weighted by molar-refractivity contribution is 5.96. The average molecular weight is 392 g/mol. The van der Waals surface area contributed by atoms with Gasteiger partial charge in [0.05, 0.1) is 11.1 Å². The Balaban J connectivity index is 1.84. The fraction of sp³-hybridized carbons (Fsp3) is 0.0455. The predicted octanol–water partition coefficient (Wildman–Crippen LogP) is 3.74. The van der Waals surface area contributed by atoms with Crippen LogP contribution in [0.15, 0.2) is 66.7 Å². The monoisotopic (exact) mass is 392 g/mol. The first-order chi connectivity index (χ1) is 13.8. The highest BCUT2D eigenvalue weighted by Crippen LogP contribution is 2.25. The van der Waals surface area contributed by atoms with Crippen LogP contribution in [0.2, 0.25) is 0 Å². The number of carbonyl (C=O) groups excluding carboxylic acids is 3. The van der Waals surface area contributed by atoms with Crippen LogP contribution in [-0.4, -0.2) is 27.9 Å². The topological polar surface area (TPSA) is 110 Å². The minimum Gasteiger partial charge on any atom is -0.508 e. The van der Waals surface area contributed by atoms with Gasteiger partial charge in [0, 0.05) is 11.6 Å². The lowest BCUT2D eigenvalue weighted by molar-refractivity contribution is 0.0730. The Morgan fingerprint density at radius 3 is 1.34 bits per heavy atom. The molecule has 3 aromatic rings. The Morgan fingerprint density at radius 1 is 0.621 bits per heavy atom. The number of ketones is 1. The Hall–Kier alpha value is -4.13. The van der Waals surface area contributed by atoms with Crippen molar-refractivity contribution in [2.24, 2.45) is 0 Å². The number of ether oxygens (including phenoxy) is 2. The van der Waals surface area contributed by atoms with Gasteiger partial charge in [0.25, 0.3) is 0 Å². The maximum Gasteiger partial charge on any atom is 0.343 e. The smallest absolute Gasteiger partial charge is 0.343 e. The SMILES string of the molecule is CC(=O)c1cc(OC(=O)c2ccc(O)cc2)cc(OC(=O)c2ccc(O)cc2)c1. The van der Waals surface area contributed by atoms with Crippen molar-refractivity contribution in [3.63, 3.8) is 0 Å². The summed E-state index contributed by atoms with van der Waals surface area (Å²) in [5, 5.41) is 18.6. The van der Waals surface area contributed by atoms with Crippen molar-refractivity contribution in [2.75, 3.05) is 0 Å². The molecule has 0 aromatic heterocycles. The molecule has 0 saturated heterocycles. The van der Waals surface area contributed by atoms with Crippen LogP contribution in [0.1, 0.15) is 38.0 Å². The van der Waals surface area contributed by atoms with E-state index in [-0.39, 0.29) is 45.5 Å². The van der Waals surface area contributed by atoms with E-state index in [9.17, 15) is 24.6 Å². The first-order valence-electron chi connectivity index (χ1n) is 8.50. The number of hydrogen-bond acceptors (Lipinski definition) is 7. The molecule has 0 fully saturated rings. The normalized spacial score (nSPS) is 10.2. The second kappa shape index (κ2) is 8.26. The fourth-order valence-corrected chi connectivity index (χ4v) is 2.42. The number of rotatable bonds is 5. The molecule has 0 aliphatic carbocycles. The van der Waals surface area contributed by atoms with Crippen LogP contribution in [0.25, 0.3) is 0 Å². The number of phenols is 2. The first kappa shape index (κ1) is 19.6. The summed E-state index contributed by atoms with van der Waals surface area (Å²) in [6.45, 7) is 1.33. The van der Waals surface area contributed by atoms with E-state index in [2.05, 4.69) is 0 Å². The van der Waals surface area contributed by atoms with Crippen molar-refractivity contribution >= 4 is 17.7 Å². The molecule has 29 heavy (non-hydrogen) atoms. The van der Waals surface area contributed by atoms with E-state index in [1.165, 1.54) is 73.7 Å². The third-order valence-electron chi connectivity index (χ3n) is 3.91. The van der Waals surface area contributed by atoms with Gasteiger partial charge in [-0.1, -0.05) is 0 Å². The minimum atomic E-state index is -0.707. The number of benzene rings is 3. The Morgan fingerprint density at radius 2 is 1.00 bits per heavy atom. The molecule has 0 aliphatic heterocycles. The number of Topliss-reactive ketones (excluding diaryl/α,β-unsaturated/α-hetero) is 1. The summed E-state index contributed by atoms with van der Waals surface area (Å²) in [7, 11) is 0. The molecule has 146 valence electrons. The van der Waals surface area contributed by atoms with Crippen molar-refractivity contribution in [2.45, 2.75) is 6.92 Å². The third kappa shape index (κ3) is 4.98. The third-order valence-corrected chi connectivity index (χ3v) is 3.91. The van der Waals surface area contributed by atoms with Gasteiger partial charge in [-0.2, -0.15) is 0 Å². The molecule has 0 radical (unpaired) electrons. The molecule has 0 atom stereocenters. The van der Waals surface area contributed by atoms with E-state index in [1.54, 1.807) is 0 Å². The summed E-state index contributed by atoms with van der Waals surface area (Å²) in [6, 6.07) is 14.9. The molecule has 0 amide bonds. The molecule has 2 N–H and O–H groups in total. The Bertz CT molecular complexity index is 990. The lowest BCUT2D eigenvalue weighted by Gasteiger charge is -2.10. The molecule has 0 saturated carbocycles. The van der Waals surface area contributed by atoms with Gasteiger partial charge in [0.1, 0.15) is 23.0 Å². The summed E-state index contributed by atoms with van der Waals surface area (Å²) in [4.78, 5) is 36.3. The van der Waals surface area contributed by atoms with Crippen LogP contribution in [0.3, 0.4) is 0 Å². The van der Waals surface area contributed by atoms with Gasteiger partial charge in [0.2, 0.25) is 0 Å². The van der Waals surface area contributed by atoms with Crippen molar-refractivity contribution < 1.29 is 34.1 Å². The summed E-state index contributed by atoms with van der Waals surface area (Å²) in [5.41, 5.74) is 0.576. The zero-order valence-electron chi connectivity index (χ0n) is 15.3. The highest BCUT2D eigenvalue weighted by Gasteiger charge is 2.15.